The number of fused-ring (bicyclic) bond motifs is 2. The number of pyridine rings is 2. The van der Waals surface area contributed by atoms with Crippen molar-refractivity contribution in [3.63, 3.8) is 0 Å². The van der Waals surface area contributed by atoms with Crippen LogP contribution in [0.4, 0.5) is 9.59 Å². The van der Waals surface area contributed by atoms with Gasteiger partial charge in [-0.1, -0.05) is 23.2 Å². The molecule has 2 amide bonds. The average Bonchev–Trinajstić information content (AvgIpc) is 3.81. The van der Waals surface area contributed by atoms with E-state index in [0.717, 1.165) is 42.2 Å². The Hall–Kier alpha value is -4.33. The van der Waals surface area contributed by atoms with Crippen LogP contribution >= 0.6 is 57.5 Å². The van der Waals surface area contributed by atoms with Gasteiger partial charge in [-0.15, -0.1) is 22.7 Å². The molecule has 2 aliphatic rings. The maximum absolute atomic E-state index is 13.0. The van der Waals surface area contributed by atoms with Crippen molar-refractivity contribution in [1.29, 1.82) is 0 Å². The lowest BCUT2D eigenvalue weighted by molar-refractivity contribution is -0.182. The molecule has 16 nitrogen and oxygen atoms in total. The Bertz CT molecular complexity index is 2380. The number of thiophene rings is 2. The van der Waals surface area contributed by atoms with Gasteiger partial charge in [0.25, 0.3) is 0 Å². The largest absolute Gasteiger partial charge is 0.462 e. The van der Waals surface area contributed by atoms with Crippen LogP contribution in [0.25, 0.3) is 20.4 Å². The summed E-state index contributed by atoms with van der Waals surface area (Å²) in [6.07, 6.45) is 6.35. The first-order valence-corrected chi connectivity index (χ1v) is 23.4. The number of aliphatic hydroxyl groups is 1. The lowest BCUT2D eigenvalue weighted by Crippen LogP contribution is -2.53. The lowest BCUT2D eigenvalue weighted by Gasteiger charge is -2.41. The number of esters is 3. The minimum absolute atomic E-state index is 0.386. The van der Waals surface area contributed by atoms with Crippen LogP contribution in [0.1, 0.15) is 104 Å². The predicted octanol–water partition coefficient (Wildman–Crippen LogP) is 9.54. The first kappa shape index (κ1) is 53.3. The van der Waals surface area contributed by atoms with Crippen LogP contribution in [-0.2, 0) is 54.1 Å². The second-order valence-corrected chi connectivity index (χ2v) is 20.5. The molecule has 4 atom stereocenters. The Morgan fingerprint density at radius 3 is 1.57 bits per heavy atom. The van der Waals surface area contributed by atoms with Crippen LogP contribution < -0.4 is 0 Å². The van der Waals surface area contributed by atoms with Crippen molar-refractivity contribution < 1.29 is 57.6 Å². The molecule has 2 aliphatic heterocycles. The highest BCUT2D eigenvalue weighted by Gasteiger charge is 2.50. The molecule has 4 aromatic heterocycles. The molecule has 0 saturated carbocycles. The summed E-state index contributed by atoms with van der Waals surface area (Å²) in [5, 5.41) is 13.2. The van der Waals surface area contributed by atoms with E-state index in [2.05, 4.69) is 31.0 Å². The highest BCUT2D eigenvalue weighted by Crippen LogP contribution is 2.46. The number of methoxy groups -OCH3 is 2. The van der Waals surface area contributed by atoms with E-state index in [4.69, 9.17) is 37.4 Å². The van der Waals surface area contributed by atoms with E-state index in [1.165, 1.54) is 22.7 Å². The third-order valence-corrected chi connectivity index (χ3v) is 13.8. The summed E-state index contributed by atoms with van der Waals surface area (Å²) in [7, 11) is 2.20. The number of carbonyl (C=O) groups excluding carboxylic acids is 6. The van der Waals surface area contributed by atoms with Crippen molar-refractivity contribution in [3.05, 3.63) is 56.5 Å². The van der Waals surface area contributed by atoms with E-state index in [9.17, 15) is 33.9 Å². The second-order valence-electron chi connectivity index (χ2n) is 17.3. The quantitative estimate of drug-likeness (QED) is 0.0877. The Labute approximate surface area is 400 Å². The summed E-state index contributed by atoms with van der Waals surface area (Å²) >= 11 is 20.0. The van der Waals surface area contributed by atoms with Gasteiger partial charge in [-0.05, 0) is 130 Å². The zero-order valence-corrected chi connectivity index (χ0v) is 41.9. The number of ether oxygens (including phenoxy) is 5. The molecule has 0 aromatic carbocycles. The second kappa shape index (κ2) is 22.0. The van der Waals surface area contributed by atoms with E-state index in [1.54, 1.807) is 62.0 Å². The Kier molecular flexibility index (Phi) is 18.0. The molecule has 4 aromatic rings. The third kappa shape index (κ3) is 13.2. The van der Waals surface area contributed by atoms with Crippen molar-refractivity contribution in [2.75, 3.05) is 27.3 Å². The summed E-state index contributed by atoms with van der Waals surface area (Å²) in [4.78, 5) is 84.6. The fraction of sp³-hybridized carbons (Fsp3) is 0.545. The van der Waals surface area contributed by atoms with E-state index in [0.29, 0.717) is 63.9 Å². The molecule has 6 heterocycles. The van der Waals surface area contributed by atoms with Crippen LogP contribution in [0, 0.1) is 0 Å². The van der Waals surface area contributed by atoms with Crippen molar-refractivity contribution in [2.24, 2.45) is 0 Å². The molecule has 4 unspecified atom stereocenters. The molecule has 356 valence electrons. The molecular formula is C44H55Cl3N4O12S2. The SMILES string of the molecule is CC1N(C(=O)OC(C)(C)C)CCCCC1(O)c1cc2c(Cl)ccnc2s1.COC(=O)C(=O)Cl.COC(=O)C(=O)OC1(c2cc3c(Cl)ccnc3s2)CCCCN(C(=O)OC(C)(C)C)C1C. The van der Waals surface area contributed by atoms with Gasteiger partial charge >= 0.3 is 35.3 Å². The van der Waals surface area contributed by atoms with Gasteiger partial charge in [0.15, 0.2) is 5.60 Å². The molecule has 0 bridgehead atoms. The van der Waals surface area contributed by atoms with Gasteiger partial charge in [0.2, 0.25) is 0 Å². The number of aromatic nitrogens is 2. The molecule has 21 heteroatoms. The minimum atomic E-state index is -1.30. The minimum Gasteiger partial charge on any atom is -0.462 e. The van der Waals surface area contributed by atoms with Gasteiger partial charge < -0.3 is 38.6 Å². The first-order chi connectivity index (χ1) is 30.3. The number of rotatable bonds is 4. The highest BCUT2D eigenvalue weighted by molar-refractivity contribution is 7.19. The first-order valence-electron chi connectivity index (χ1n) is 20.7. The molecule has 0 aliphatic carbocycles. The van der Waals surface area contributed by atoms with Crippen LogP contribution in [0.3, 0.4) is 0 Å². The van der Waals surface area contributed by atoms with Crippen molar-refractivity contribution >= 4 is 113 Å². The van der Waals surface area contributed by atoms with Gasteiger partial charge in [0, 0.05) is 41.1 Å². The van der Waals surface area contributed by atoms with Crippen LogP contribution in [-0.4, -0.2) is 111 Å². The standard InChI is InChI=1S/C22H27ClN2O6S.C19H25ClN2O3S.C3H3ClO3/c1-13-22(30-19(27)18(26)29-5,16-12-14-15(23)8-10-24-17(14)32-16)9-6-7-11-25(13)20(28)31-21(2,3)4;1-12-19(24,15-11-13-14(20)7-9-21-16(13)26-15)8-5-6-10-22(12)17(23)25-18(2,3)4;1-7-3(6)2(4)5/h8,10,12-13H,6-7,9,11H2,1-5H3;7,9,11-12,24H,5-6,8,10H2,1-4H3;1H3. The van der Waals surface area contributed by atoms with Crippen LogP contribution in [0.15, 0.2) is 36.7 Å². The normalized spacial score (nSPS) is 21.3. The Balaban J connectivity index is 0.000000252. The number of hydrogen-bond acceptors (Lipinski definition) is 16. The zero-order valence-electron chi connectivity index (χ0n) is 38.0. The number of nitrogens with zero attached hydrogens (tertiary/aromatic N) is 4. The molecule has 0 spiro atoms. The summed E-state index contributed by atoms with van der Waals surface area (Å²) in [5.74, 6) is -3.26. The van der Waals surface area contributed by atoms with Crippen LogP contribution in [0.5, 0.6) is 0 Å². The molecule has 6 rings (SSSR count). The molecule has 0 radical (unpaired) electrons. The highest BCUT2D eigenvalue weighted by atomic mass is 35.5. The Morgan fingerprint density at radius 1 is 0.692 bits per heavy atom. The lowest BCUT2D eigenvalue weighted by atomic mass is 9.88. The van der Waals surface area contributed by atoms with Gasteiger partial charge in [-0.3, -0.25) is 4.79 Å². The predicted molar refractivity (Wildman–Crippen MR) is 248 cm³/mol. The van der Waals surface area contributed by atoms with E-state index < -0.39 is 63.7 Å². The number of amides is 2. The van der Waals surface area contributed by atoms with Crippen molar-refractivity contribution in [1.82, 2.24) is 19.8 Å². The molecule has 65 heavy (non-hydrogen) atoms. The van der Waals surface area contributed by atoms with Crippen molar-refractivity contribution in [3.8, 4) is 0 Å². The zero-order chi connectivity index (χ0) is 48.7. The maximum atomic E-state index is 13.0. The summed E-state index contributed by atoms with van der Waals surface area (Å²) < 4.78 is 25.5. The smallest absolute Gasteiger partial charge is 0.418 e. The van der Waals surface area contributed by atoms with Gasteiger partial charge in [0.05, 0.1) is 41.2 Å². The number of hydrogen-bond donors (Lipinski definition) is 1. The van der Waals surface area contributed by atoms with E-state index in [1.807, 2.05) is 39.8 Å². The molecular weight excluding hydrogens is 947 g/mol. The Morgan fingerprint density at radius 2 is 1.14 bits per heavy atom. The van der Waals surface area contributed by atoms with Crippen molar-refractivity contribution in [2.45, 2.75) is 128 Å². The maximum Gasteiger partial charge on any atom is 0.418 e. The number of carbonyl (C=O) groups is 6. The summed E-state index contributed by atoms with van der Waals surface area (Å²) in [6, 6.07) is 6.11. The fourth-order valence-corrected chi connectivity index (χ4v) is 10.3. The number of halogens is 3. The summed E-state index contributed by atoms with van der Waals surface area (Å²) in [5.41, 5.74) is -3.71. The number of likely N-dealkylation sites (tertiary alicyclic amines) is 2. The molecule has 2 fully saturated rings. The third-order valence-electron chi connectivity index (χ3n) is 10.5. The topological polar surface area (TPSA) is 201 Å². The fourth-order valence-electron chi connectivity index (χ4n) is 7.26. The average molecular weight is 1000 g/mol. The van der Waals surface area contributed by atoms with Crippen LogP contribution in [0.2, 0.25) is 10.0 Å². The van der Waals surface area contributed by atoms with E-state index in [-0.39, 0.29) is 6.09 Å². The van der Waals surface area contributed by atoms with E-state index >= 15 is 0 Å². The summed E-state index contributed by atoms with van der Waals surface area (Å²) in [6.45, 7) is 15.6. The van der Waals surface area contributed by atoms with Gasteiger partial charge in [0.1, 0.15) is 26.5 Å². The monoisotopic (exact) mass is 1000 g/mol. The van der Waals surface area contributed by atoms with Gasteiger partial charge in [-0.25, -0.2) is 33.9 Å². The molecule has 2 saturated heterocycles. The molecule has 1 N–H and O–H groups in total. The van der Waals surface area contributed by atoms with Gasteiger partial charge in [-0.2, -0.15) is 0 Å².